The predicted molar refractivity (Wildman–Crippen MR) is 56.3 cm³/mol. The second kappa shape index (κ2) is 5.40. The minimum Gasteiger partial charge on any atom is -0.384 e. The summed E-state index contributed by atoms with van der Waals surface area (Å²) in [6.07, 6.45) is 0.394. The van der Waals surface area contributed by atoms with E-state index in [1.54, 1.807) is 7.11 Å². The first-order valence-corrected chi connectivity index (χ1v) is 4.58. The van der Waals surface area contributed by atoms with Gasteiger partial charge in [0.15, 0.2) is 0 Å². The number of aryl methyl sites for hydroxylation is 1. The van der Waals surface area contributed by atoms with Gasteiger partial charge in [0.1, 0.15) is 0 Å². The van der Waals surface area contributed by atoms with Crippen LogP contribution in [0.15, 0.2) is 24.3 Å². The molecule has 3 nitrogen and oxygen atoms in total. The maximum Gasteiger partial charge on any atom is 0.226 e. The summed E-state index contributed by atoms with van der Waals surface area (Å²) in [4.78, 5) is 11.3. The first-order valence-electron chi connectivity index (χ1n) is 4.58. The highest BCUT2D eigenvalue weighted by Crippen LogP contribution is 2.12. The van der Waals surface area contributed by atoms with Gasteiger partial charge in [-0.05, 0) is 18.6 Å². The Bertz CT molecular complexity index is 310. The van der Waals surface area contributed by atoms with Crippen molar-refractivity contribution in [2.75, 3.05) is 19.0 Å². The molecule has 0 aliphatic heterocycles. The molecule has 1 N–H and O–H groups in total. The zero-order valence-electron chi connectivity index (χ0n) is 8.54. The second-order valence-corrected chi connectivity index (χ2v) is 3.11. The molecule has 1 aromatic carbocycles. The van der Waals surface area contributed by atoms with E-state index in [0.717, 1.165) is 11.3 Å². The van der Waals surface area contributed by atoms with Crippen LogP contribution in [-0.4, -0.2) is 19.6 Å². The van der Waals surface area contributed by atoms with E-state index in [1.165, 1.54) is 0 Å². The molecule has 0 aromatic heterocycles. The maximum atomic E-state index is 11.3. The fourth-order valence-corrected chi connectivity index (χ4v) is 1.12. The van der Waals surface area contributed by atoms with Crippen LogP contribution in [0.2, 0.25) is 0 Å². The molecular weight excluding hydrogens is 178 g/mol. The zero-order valence-corrected chi connectivity index (χ0v) is 8.54. The van der Waals surface area contributed by atoms with E-state index in [9.17, 15) is 4.79 Å². The first kappa shape index (κ1) is 10.7. The van der Waals surface area contributed by atoms with E-state index < -0.39 is 0 Å². The van der Waals surface area contributed by atoms with Crippen molar-refractivity contribution in [3.05, 3.63) is 29.8 Å². The van der Waals surface area contributed by atoms with Crippen molar-refractivity contribution in [3.8, 4) is 0 Å². The van der Waals surface area contributed by atoms with E-state index >= 15 is 0 Å². The number of nitrogens with one attached hydrogen (secondary N) is 1. The highest BCUT2D eigenvalue weighted by molar-refractivity contribution is 5.91. The summed E-state index contributed by atoms with van der Waals surface area (Å²) in [6, 6.07) is 7.70. The second-order valence-electron chi connectivity index (χ2n) is 3.11. The lowest BCUT2D eigenvalue weighted by Gasteiger charge is -2.07. The summed E-state index contributed by atoms with van der Waals surface area (Å²) in [5, 5.41) is 2.83. The molecule has 0 aliphatic rings. The van der Waals surface area contributed by atoms with Gasteiger partial charge >= 0.3 is 0 Å². The van der Waals surface area contributed by atoms with Crippen molar-refractivity contribution in [2.45, 2.75) is 13.3 Å². The SMILES string of the molecule is COCCC(=O)Nc1ccccc1C. The number of rotatable bonds is 4. The van der Waals surface area contributed by atoms with Gasteiger partial charge in [0.05, 0.1) is 13.0 Å². The molecule has 76 valence electrons. The lowest BCUT2D eigenvalue weighted by Crippen LogP contribution is -2.14. The molecule has 0 atom stereocenters. The number of amides is 1. The summed E-state index contributed by atoms with van der Waals surface area (Å²) in [6.45, 7) is 2.42. The van der Waals surface area contributed by atoms with Crippen LogP contribution in [0.3, 0.4) is 0 Å². The number of carbonyl (C=O) groups excluding carboxylic acids is 1. The van der Waals surface area contributed by atoms with Crippen LogP contribution < -0.4 is 5.32 Å². The minimum atomic E-state index is -0.0128. The van der Waals surface area contributed by atoms with Gasteiger partial charge in [-0.1, -0.05) is 18.2 Å². The number of anilines is 1. The lowest BCUT2D eigenvalue weighted by molar-refractivity contribution is -0.117. The molecule has 1 rings (SSSR count). The summed E-state index contributed by atoms with van der Waals surface area (Å²) >= 11 is 0. The summed E-state index contributed by atoms with van der Waals surface area (Å²) in [7, 11) is 1.58. The molecule has 0 fully saturated rings. The Kier molecular flexibility index (Phi) is 4.13. The Balaban J connectivity index is 2.52. The largest absolute Gasteiger partial charge is 0.384 e. The van der Waals surface area contributed by atoms with Crippen LogP contribution in [-0.2, 0) is 9.53 Å². The Morgan fingerprint density at radius 1 is 1.43 bits per heavy atom. The van der Waals surface area contributed by atoms with Gasteiger partial charge < -0.3 is 10.1 Å². The number of para-hydroxylation sites is 1. The average molecular weight is 193 g/mol. The first-order chi connectivity index (χ1) is 6.74. The maximum absolute atomic E-state index is 11.3. The Morgan fingerprint density at radius 2 is 2.14 bits per heavy atom. The van der Waals surface area contributed by atoms with E-state index in [0.29, 0.717) is 13.0 Å². The van der Waals surface area contributed by atoms with Gasteiger partial charge in [0.2, 0.25) is 5.91 Å². The molecule has 1 aromatic rings. The topological polar surface area (TPSA) is 38.3 Å². The van der Waals surface area contributed by atoms with Crippen LogP contribution in [0.4, 0.5) is 5.69 Å². The number of hydrogen-bond acceptors (Lipinski definition) is 2. The number of methoxy groups -OCH3 is 1. The van der Waals surface area contributed by atoms with E-state index in [4.69, 9.17) is 4.74 Å². The fraction of sp³-hybridized carbons (Fsp3) is 0.364. The van der Waals surface area contributed by atoms with Gasteiger partial charge in [0, 0.05) is 12.8 Å². The van der Waals surface area contributed by atoms with Crippen LogP contribution >= 0.6 is 0 Å². The zero-order chi connectivity index (χ0) is 10.4. The molecular formula is C11H15NO2. The molecule has 0 spiro atoms. The van der Waals surface area contributed by atoms with Crippen LogP contribution in [0, 0.1) is 6.92 Å². The molecule has 0 saturated heterocycles. The van der Waals surface area contributed by atoms with Crippen molar-refractivity contribution >= 4 is 11.6 Å². The number of carbonyl (C=O) groups is 1. The smallest absolute Gasteiger partial charge is 0.226 e. The van der Waals surface area contributed by atoms with Crippen LogP contribution in [0.25, 0.3) is 0 Å². The van der Waals surface area contributed by atoms with Gasteiger partial charge in [-0.15, -0.1) is 0 Å². The van der Waals surface area contributed by atoms with Gasteiger partial charge in [0.25, 0.3) is 0 Å². The van der Waals surface area contributed by atoms with Crippen LogP contribution in [0.5, 0.6) is 0 Å². The standard InChI is InChI=1S/C11H15NO2/c1-9-5-3-4-6-10(9)12-11(13)7-8-14-2/h3-6H,7-8H2,1-2H3,(H,12,13). The van der Waals surface area contributed by atoms with Crippen molar-refractivity contribution in [3.63, 3.8) is 0 Å². The van der Waals surface area contributed by atoms with Crippen molar-refractivity contribution < 1.29 is 9.53 Å². The van der Waals surface area contributed by atoms with Crippen LogP contribution in [0.1, 0.15) is 12.0 Å². The van der Waals surface area contributed by atoms with Crippen molar-refractivity contribution in [2.24, 2.45) is 0 Å². The van der Waals surface area contributed by atoms with E-state index in [2.05, 4.69) is 5.32 Å². The summed E-state index contributed by atoms with van der Waals surface area (Å²) in [5.41, 5.74) is 1.94. The predicted octanol–water partition coefficient (Wildman–Crippen LogP) is 1.97. The highest BCUT2D eigenvalue weighted by Gasteiger charge is 2.02. The molecule has 0 saturated carbocycles. The summed E-state index contributed by atoms with van der Waals surface area (Å²) < 4.78 is 4.82. The number of benzene rings is 1. The molecule has 0 heterocycles. The van der Waals surface area contributed by atoms with Crippen molar-refractivity contribution in [1.82, 2.24) is 0 Å². The number of hydrogen-bond donors (Lipinski definition) is 1. The highest BCUT2D eigenvalue weighted by atomic mass is 16.5. The van der Waals surface area contributed by atoms with Crippen molar-refractivity contribution in [1.29, 1.82) is 0 Å². The molecule has 0 bridgehead atoms. The van der Waals surface area contributed by atoms with E-state index in [-0.39, 0.29) is 5.91 Å². The Labute approximate surface area is 84.1 Å². The summed E-state index contributed by atoms with van der Waals surface area (Å²) in [5.74, 6) is -0.0128. The fourth-order valence-electron chi connectivity index (χ4n) is 1.12. The lowest BCUT2D eigenvalue weighted by atomic mass is 10.2. The Hall–Kier alpha value is -1.35. The Morgan fingerprint density at radius 3 is 2.79 bits per heavy atom. The molecule has 0 aliphatic carbocycles. The molecule has 0 unspecified atom stereocenters. The number of ether oxygens (including phenoxy) is 1. The molecule has 3 heteroatoms. The third kappa shape index (κ3) is 3.18. The normalized spacial score (nSPS) is 9.86. The van der Waals surface area contributed by atoms with E-state index in [1.807, 2.05) is 31.2 Å². The average Bonchev–Trinajstić information content (AvgIpc) is 2.18. The monoisotopic (exact) mass is 193 g/mol. The molecule has 1 amide bonds. The third-order valence-corrected chi connectivity index (χ3v) is 1.95. The van der Waals surface area contributed by atoms with Gasteiger partial charge in [-0.25, -0.2) is 0 Å². The molecule has 0 radical (unpaired) electrons. The van der Waals surface area contributed by atoms with Gasteiger partial charge in [-0.2, -0.15) is 0 Å². The molecule has 14 heavy (non-hydrogen) atoms. The quantitative estimate of drug-likeness (QED) is 0.794. The van der Waals surface area contributed by atoms with Gasteiger partial charge in [-0.3, -0.25) is 4.79 Å². The minimum absolute atomic E-state index is 0.0128. The third-order valence-electron chi connectivity index (χ3n) is 1.95.